The second-order valence-corrected chi connectivity index (χ2v) is 4.25. The molecule has 0 saturated carbocycles. The molecule has 0 aromatic heterocycles. The van der Waals surface area contributed by atoms with Gasteiger partial charge in [-0.05, 0) is 42.5 Å². The molecule has 6 heteroatoms. The zero-order valence-corrected chi connectivity index (χ0v) is 11.1. The first-order chi connectivity index (χ1) is 10.4. The summed E-state index contributed by atoms with van der Waals surface area (Å²) in [5.74, 6) is 1.58. The lowest BCUT2D eigenvalue weighted by molar-refractivity contribution is -0.274. The molecule has 0 aliphatic carbocycles. The van der Waals surface area contributed by atoms with Crippen LogP contribution in [0.3, 0.4) is 0 Å². The quantitative estimate of drug-likeness (QED) is 0.876. The third-order valence-corrected chi connectivity index (χ3v) is 2.64. The van der Waals surface area contributed by atoms with Crippen LogP contribution in [0.15, 0.2) is 48.5 Å². The van der Waals surface area contributed by atoms with Crippen LogP contribution < -0.4 is 10.1 Å². The molecule has 0 atom stereocenters. The molecule has 112 valence electrons. The molecule has 0 aliphatic heterocycles. The van der Waals surface area contributed by atoms with Gasteiger partial charge in [0.2, 0.25) is 0 Å². The molecule has 1 N–H and O–H groups in total. The zero-order valence-electron chi connectivity index (χ0n) is 11.1. The molecular formula is C16H10F3NO2. The van der Waals surface area contributed by atoms with Crippen molar-refractivity contribution in [3.8, 4) is 18.1 Å². The summed E-state index contributed by atoms with van der Waals surface area (Å²) in [6.07, 6.45) is 0.495. The molecule has 0 radical (unpaired) electrons. The zero-order chi connectivity index (χ0) is 16.2. The molecule has 0 spiro atoms. The second kappa shape index (κ2) is 6.22. The number of carbonyl (C=O) groups excluding carboxylic acids is 1. The van der Waals surface area contributed by atoms with Crippen LogP contribution in [0.5, 0.6) is 5.75 Å². The maximum absolute atomic E-state index is 12.0. The Kier molecular flexibility index (Phi) is 4.37. The SMILES string of the molecule is C#Cc1cccc(NC(=O)c2ccc(OC(F)(F)F)cc2)c1. The molecule has 2 rings (SSSR count). The number of nitrogens with one attached hydrogen (secondary N) is 1. The minimum absolute atomic E-state index is 0.195. The van der Waals surface area contributed by atoms with Crippen molar-refractivity contribution in [2.75, 3.05) is 5.32 Å². The number of alkyl halides is 3. The van der Waals surface area contributed by atoms with Crippen LogP contribution in [0.2, 0.25) is 0 Å². The van der Waals surface area contributed by atoms with E-state index < -0.39 is 18.0 Å². The van der Waals surface area contributed by atoms with Crippen molar-refractivity contribution < 1.29 is 22.7 Å². The number of anilines is 1. The van der Waals surface area contributed by atoms with Crippen LogP contribution in [-0.4, -0.2) is 12.3 Å². The Labute approximate surface area is 124 Å². The van der Waals surface area contributed by atoms with Crippen LogP contribution >= 0.6 is 0 Å². The van der Waals surface area contributed by atoms with E-state index in [1.807, 2.05) is 0 Å². The Morgan fingerprint density at radius 1 is 1.14 bits per heavy atom. The van der Waals surface area contributed by atoms with Gasteiger partial charge in [0.15, 0.2) is 0 Å². The lowest BCUT2D eigenvalue weighted by Crippen LogP contribution is -2.17. The number of benzene rings is 2. The monoisotopic (exact) mass is 305 g/mol. The number of hydrogen-bond donors (Lipinski definition) is 1. The topological polar surface area (TPSA) is 38.3 Å². The third kappa shape index (κ3) is 4.28. The lowest BCUT2D eigenvalue weighted by atomic mass is 10.1. The highest BCUT2D eigenvalue weighted by Gasteiger charge is 2.31. The van der Waals surface area contributed by atoms with Crippen molar-refractivity contribution >= 4 is 11.6 Å². The maximum atomic E-state index is 12.0. The van der Waals surface area contributed by atoms with E-state index in [-0.39, 0.29) is 5.56 Å². The van der Waals surface area contributed by atoms with Crippen LogP contribution in [0, 0.1) is 12.3 Å². The summed E-state index contributed by atoms with van der Waals surface area (Å²) in [4.78, 5) is 12.0. The third-order valence-electron chi connectivity index (χ3n) is 2.64. The number of ether oxygens (including phenoxy) is 1. The van der Waals surface area contributed by atoms with Crippen LogP contribution in [0.25, 0.3) is 0 Å². The minimum atomic E-state index is -4.76. The average molecular weight is 305 g/mol. The minimum Gasteiger partial charge on any atom is -0.406 e. The summed E-state index contributed by atoms with van der Waals surface area (Å²) < 4.78 is 39.9. The van der Waals surface area contributed by atoms with Crippen LogP contribution in [0.1, 0.15) is 15.9 Å². The fourth-order valence-electron chi connectivity index (χ4n) is 1.70. The number of rotatable bonds is 3. The molecule has 0 unspecified atom stereocenters. The Hall–Kier alpha value is -2.94. The molecular weight excluding hydrogens is 295 g/mol. The number of terminal acetylenes is 1. The first kappa shape index (κ1) is 15.4. The van der Waals surface area contributed by atoms with Crippen molar-refractivity contribution in [2.45, 2.75) is 6.36 Å². The van der Waals surface area contributed by atoms with Gasteiger partial charge in [-0.2, -0.15) is 0 Å². The van der Waals surface area contributed by atoms with Gasteiger partial charge < -0.3 is 10.1 Å². The molecule has 1 amide bonds. The van der Waals surface area contributed by atoms with Crippen LogP contribution in [0.4, 0.5) is 18.9 Å². The van der Waals surface area contributed by atoms with E-state index in [2.05, 4.69) is 16.0 Å². The van der Waals surface area contributed by atoms with Gasteiger partial charge in [0.1, 0.15) is 5.75 Å². The summed E-state index contributed by atoms with van der Waals surface area (Å²) >= 11 is 0. The van der Waals surface area contributed by atoms with E-state index in [9.17, 15) is 18.0 Å². The largest absolute Gasteiger partial charge is 0.573 e. The van der Waals surface area contributed by atoms with Crippen molar-refractivity contribution in [3.05, 3.63) is 59.7 Å². The van der Waals surface area contributed by atoms with Crippen molar-refractivity contribution in [2.24, 2.45) is 0 Å². The lowest BCUT2D eigenvalue weighted by Gasteiger charge is -2.09. The number of hydrogen-bond acceptors (Lipinski definition) is 2. The summed E-state index contributed by atoms with van der Waals surface area (Å²) in [6.45, 7) is 0. The summed E-state index contributed by atoms with van der Waals surface area (Å²) in [5.41, 5.74) is 1.29. The molecule has 2 aromatic carbocycles. The van der Waals surface area contributed by atoms with Gasteiger partial charge in [-0.1, -0.05) is 12.0 Å². The van der Waals surface area contributed by atoms with Crippen molar-refractivity contribution in [3.63, 3.8) is 0 Å². The van der Waals surface area contributed by atoms with E-state index in [1.54, 1.807) is 24.3 Å². The van der Waals surface area contributed by atoms with Crippen LogP contribution in [-0.2, 0) is 0 Å². The van der Waals surface area contributed by atoms with Gasteiger partial charge in [0.05, 0.1) is 0 Å². The van der Waals surface area contributed by atoms with Gasteiger partial charge in [-0.25, -0.2) is 0 Å². The maximum Gasteiger partial charge on any atom is 0.573 e. The number of halogens is 3. The number of carbonyl (C=O) groups is 1. The van der Waals surface area contributed by atoms with E-state index in [1.165, 1.54) is 12.1 Å². The summed E-state index contributed by atoms with van der Waals surface area (Å²) in [6, 6.07) is 11.3. The van der Waals surface area contributed by atoms with E-state index in [4.69, 9.17) is 6.42 Å². The fourth-order valence-corrected chi connectivity index (χ4v) is 1.70. The highest BCUT2D eigenvalue weighted by atomic mass is 19.4. The predicted molar refractivity (Wildman–Crippen MR) is 75.5 cm³/mol. The highest BCUT2D eigenvalue weighted by molar-refractivity contribution is 6.04. The van der Waals surface area contributed by atoms with Gasteiger partial charge in [-0.3, -0.25) is 4.79 Å². The molecule has 0 fully saturated rings. The van der Waals surface area contributed by atoms with Gasteiger partial charge in [0.25, 0.3) is 5.91 Å². The first-order valence-electron chi connectivity index (χ1n) is 6.11. The summed E-state index contributed by atoms with van der Waals surface area (Å²) in [7, 11) is 0. The Morgan fingerprint density at radius 3 is 2.41 bits per heavy atom. The average Bonchev–Trinajstić information content (AvgIpc) is 2.46. The fraction of sp³-hybridized carbons (Fsp3) is 0.0625. The smallest absolute Gasteiger partial charge is 0.406 e. The standard InChI is InChI=1S/C16H10F3NO2/c1-2-11-4-3-5-13(10-11)20-15(21)12-6-8-14(9-7-12)22-16(17,18)19/h1,3-10H,(H,20,21). The molecule has 2 aromatic rings. The van der Waals surface area contributed by atoms with E-state index in [0.29, 0.717) is 11.3 Å². The molecule has 3 nitrogen and oxygen atoms in total. The normalized spacial score (nSPS) is 10.6. The predicted octanol–water partition coefficient (Wildman–Crippen LogP) is 3.82. The van der Waals surface area contributed by atoms with Gasteiger partial charge >= 0.3 is 6.36 Å². The number of amides is 1. The molecule has 0 saturated heterocycles. The second-order valence-electron chi connectivity index (χ2n) is 4.25. The molecule has 0 aliphatic rings. The Morgan fingerprint density at radius 2 is 1.82 bits per heavy atom. The first-order valence-corrected chi connectivity index (χ1v) is 6.11. The molecule has 22 heavy (non-hydrogen) atoms. The van der Waals surface area contributed by atoms with Gasteiger partial charge in [0, 0.05) is 16.8 Å². The summed E-state index contributed by atoms with van der Waals surface area (Å²) in [5, 5.41) is 2.60. The Bertz CT molecular complexity index is 715. The van der Waals surface area contributed by atoms with E-state index in [0.717, 1.165) is 12.1 Å². The van der Waals surface area contributed by atoms with E-state index >= 15 is 0 Å². The van der Waals surface area contributed by atoms with Gasteiger partial charge in [-0.15, -0.1) is 19.6 Å². The Balaban J connectivity index is 2.08. The van der Waals surface area contributed by atoms with Crippen molar-refractivity contribution in [1.82, 2.24) is 0 Å². The highest BCUT2D eigenvalue weighted by Crippen LogP contribution is 2.23. The van der Waals surface area contributed by atoms with Crippen molar-refractivity contribution in [1.29, 1.82) is 0 Å². The molecule has 0 bridgehead atoms. The molecule has 0 heterocycles.